The molecule has 5 nitrogen and oxygen atoms in total. The van der Waals surface area contributed by atoms with Gasteiger partial charge in [0.05, 0.1) is 12.5 Å². The van der Waals surface area contributed by atoms with E-state index in [1.807, 2.05) is 0 Å². The molecule has 0 N–H and O–H groups in total. The first-order valence-corrected chi connectivity index (χ1v) is 5.11. The highest BCUT2D eigenvalue weighted by Gasteiger charge is 2.36. The Hall–Kier alpha value is -0.940. The number of carbonyl (C=O) groups excluding carboxylic acids is 1. The lowest BCUT2D eigenvalue weighted by molar-refractivity contribution is -0.118. The number of hydrazone groups is 1. The molecule has 0 aromatic carbocycles. The predicted molar refractivity (Wildman–Crippen MR) is 59.7 cm³/mol. The van der Waals surface area contributed by atoms with E-state index in [-0.39, 0.29) is 29.7 Å². The number of Topliss-reactive ketones (excluding diaryl/α,β-unsaturated/α-hetero) is 1. The average molecular weight is 247 g/mol. The standard InChI is InChI=1S/C8H8Cl2N4O/c1-4(15)3-14-7-5(2-11-14)6(9)12-8(10)13-7/h2,5,7H,3H2,1H3. The van der Waals surface area contributed by atoms with Gasteiger partial charge in [-0.15, -0.1) is 0 Å². The van der Waals surface area contributed by atoms with Crippen molar-refractivity contribution < 1.29 is 4.79 Å². The summed E-state index contributed by atoms with van der Waals surface area (Å²) in [4.78, 5) is 18.9. The molecule has 0 saturated carbocycles. The van der Waals surface area contributed by atoms with Crippen molar-refractivity contribution in [2.24, 2.45) is 21.0 Å². The van der Waals surface area contributed by atoms with Gasteiger partial charge in [-0.2, -0.15) is 5.10 Å². The first kappa shape index (κ1) is 10.6. The third-order valence-electron chi connectivity index (χ3n) is 2.10. The van der Waals surface area contributed by atoms with Crippen LogP contribution in [-0.4, -0.2) is 40.2 Å². The van der Waals surface area contributed by atoms with Gasteiger partial charge < -0.3 is 0 Å². The minimum atomic E-state index is -0.327. The lowest BCUT2D eigenvalue weighted by Crippen LogP contribution is -2.38. The minimum absolute atomic E-state index is 0.0118. The number of rotatable bonds is 2. The summed E-state index contributed by atoms with van der Waals surface area (Å²) in [6.07, 6.45) is 1.30. The van der Waals surface area contributed by atoms with Crippen LogP contribution in [0, 0.1) is 5.92 Å². The van der Waals surface area contributed by atoms with Crippen molar-refractivity contribution in [2.75, 3.05) is 6.54 Å². The smallest absolute Gasteiger partial charge is 0.221 e. The van der Waals surface area contributed by atoms with Crippen LogP contribution in [0.5, 0.6) is 0 Å². The Kier molecular flexibility index (Phi) is 2.75. The lowest BCUT2D eigenvalue weighted by atomic mass is 10.1. The van der Waals surface area contributed by atoms with Crippen molar-refractivity contribution in [2.45, 2.75) is 13.1 Å². The van der Waals surface area contributed by atoms with Gasteiger partial charge in [0.25, 0.3) is 0 Å². The summed E-state index contributed by atoms with van der Waals surface area (Å²) in [7, 11) is 0. The molecule has 2 rings (SSSR count). The summed E-state index contributed by atoms with van der Waals surface area (Å²) < 4.78 is 0. The highest BCUT2D eigenvalue weighted by Crippen LogP contribution is 2.25. The van der Waals surface area contributed by atoms with Crippen molar-refractivity contribution in [3.05, 3.63) is 0 Å². The Labute approximate surface area is 96.5 Å². The molecule has 0 fully saturated rings. The molecule has 15 heavy (non-hydrogen) atoms. The van der Waals surface area contributed by atoms with Crippen LogP contribution >= 0.6 is 23.2 Å². The van der Waals surface area contributed by atoms with Gasteiger partial charge in [0.2, 0.25) is 5.29 Å². The Morgan fingerprint density at radius 3 is 3.00 bits per heavy atom. The fourth-order valence-electron chi connectivity index (χ4n) is 1.48. The molecule has 0 aromatic rings. The van der Waals surface area contributed by atoms with Gasteiger partial charge in [-0.05, 0) is 18.5 Å². The van der Waals surface area contributed by atoms with E-state index in [0.29, 0.717) is 5.17 Å². The monoisotopic (exact) mass is 246 g/mol. The number of aliphatic imine (C=N–C) groups is 2. The zero-order chi connectivity index (χ0) is 11.0. The zero-order valence-electron chi connectivity index (χ0n) is 7.89. The van der Waals surface area contributed by atoms with E-state index in [1.54, 1.807) is 11.2 Å². The number of amidine groups is 1. The van der Waals surface area contributed by atoms with Crippen molar-refractivity contribution in [3.63, 3.8) is 0 Å². The highest BCUT2D eigenvalue weighted by molar-refractivity contribution is 6.73. The number of fused-ring (bicyclic) bond motifs is 1. The van der Waals surface area contributed by atoms with Gasteiger partial charge in [-0.3, -0.25) is 9.80 Å². The van der Waals surface area contributed by atoms with Gasteiger partial charge in [-0.1, -0.05) is 11.6 Å². The molecule has 0 amide bonds. The van der Waals surface area contributed by atoms with Gasteiger partial charge in [0.15, 0.2) is 11.9 Å². The number of hydrogen-bond donors (Lipinski definition) is 0. The van der Waals surface area contributed by atoms with Crippen LogP contribution < -0.4 is 0 Å². The Balaban J connectivity index is 2.20. The summed E-state index contributed by atoms with van der Waals surface area (Å²) in [6, 6.07) is 0. The van der Waals surface area contributed by atoms with Crippen LogP contribution in [0.2, 0.25) is 0 Å². The fourth-order valence-corrected chi connectivity index (χ4v) is 1.97. The normalized spacial score (nSPS) is 28.6. The maximum Gasteiger partial charge on any atom is 0.221 e. The van der Waals surface area contributed by atoms with Crippen LogP contribution in [0.3, 0.4) is 0 Å². The Morgan fingerprint density at radius 1 is 1.60 bits per heavy atom. The summed E-state index contributed by atoms with van der Waals surface area (Å²) >= 11 is 11.6. The van der Waals surface area contributed by atoms with E-state index in [9.17, 15) is 4.79 Å². The fraction of sp³-hybridized carbons (Fsp3) is 0.500. The van der Waals surface area contributed by atoms with Crippen LogP contribution in [0.25, 0.3) is 0 Å². The topological polar surface area (TPSA) is 57.4 Å². The van der Waals surface area contributed by atoms with Crippen molar-refractivity contribution in [1.82, 2.24) is 5.01 Å². The molecular formula is C8H8Cl2N4O. The molecule has 80 valence electrons. The largest absolute Gasteiger partial charge is 0.298 e. The van der Waals surface area contributed by atoms with E-state index < -0.39 is 0 Å². The van der Waals surface area contributed by atoms with Crippen molar-refractivity contribution in [3.8, 4) is 0 Å². The number of nitrogens with zero attached hydrogens (tertiary/aromatic N) is 4. The van der Waals surface area contributed by atoms with E-state index in [1.165, 1.54) is 6.92 Å². The molecule has 2 aliphatic rings. The van der Waals surface area contributed by atoms with Gasteiger partial charge in [0, 0.05) is 6.21 Å². The van der Waals surface area contributed by atoms with Crippen LogP contribution in [0.4, 0.5) is 0 Å². The van der Waals surface area contributed by atoms with E-state index in [0.717, 1.165) is 0 Å². The minimum Gasteiger partial charge on any atom is -0.298 e. The Bertz CT molecular complexity index is 390. The second kappa shape index (κ2) is 3.90. The van der Waals surface area contributed by atoms with Gasteiger partial charge in [-0.25, -0.2) is 9.98 Å². The maximum atomic E-state index is 11.0. The second-order valence-electron chi connectivity index (χ2n) is 3.34. The molecule has 2 heterocycles. The molecule has 0 bridgehead atoms. The molecule has 0 spiro atoms. The molecule has 0 saturated heterocycles. The second-order valence-corrected chi connectivity index (χ2v) is 4.06. The molecule has 7 heteroatoms. The van der Waals surface area contributed by atoms with Crippen LogP contribution in [0.1, 0.15) is 6.92 Å². The summed E-state index contributed by atoms with van der Waals surface area (Å²) in [5.41, 5.74) is 0. The maximum absolute atomic E-state index is 11.0. The van der Waals surface area contributed by atoms with Crippen LogP contribution in [0.15, 0.2) is 15.1 Å². The third-order valence-corrected chi connectivity index (χ3v) is 2.62. The molecule has 2 atom stereocenters. The molecule has 2 aliphatic heterocycles. The van der Waals surface area contributed by atoms with E-state index >= 15 is 0 Å². The van der Waals surface area contributed by atoms with E-state index in [2.05, 4.69) is 15.1 Å². The van der Waals surface area contributed by atoms with Crippen molar-refractivity contribution in [1.29, 1.82) is 0 Å². The summed E-state index contributed by atoms with van der Waals surface area (Å²) in [5, 5.41) is 6.08. The highest BCUT2D eigenvalue weighted by atomic mass is 35.5. The number of halogens is 2. The quantitative estimate of drug-likeness (QED) is 0.685. The lowest BCUT2D eigenvalue weighted by Gasteiger charge is -2.24. The zero-order valence-corrected chi connectivity index (χ0v) is 9.40. The number of hydrogen-bond acceptors (Lipinski definition) is 5. The molecule has 0 radical (unpaired) electrons. The van der Waals surface area contributed by atoms with Gasteiger partial charge in [0.1, 0.15) is 5.17 Å². The first-order chi connectivity index (χ1) is 7.08. The summed E-state index contributed by atoms with van der Waals surface area (Å²) in [5.74, 6) is -0.175. The van der Waals surface area contributed by atoms with Crippen LogP contribution in [-0.2, 0) is 4.79 Å². The number of ketones is 1. The predicted octanol–water partition coefficient (Wildman–Crippen LogP) is 1.06. The third kappa shape index (κ3) is 2.03. The molecular weight excluding hydrogens is 239 g/mol. The SMILES string of the molecule is CC(=O)CN1N=CC2C(Cl)=NC(Cl)=NC21. The van der Waals surface area contributed by atoms with Gasteiger partial charge >= 0.3 is 0 Å². The van der Waals surface area contributed by atoms with Crippen molar-refractivity contribution >= 4 is 45.7 Å². The number of carbonyl (C=O) groups is 1. The molecule has 2 unspecified atom stereocenters. The molecule has 0 aliphatic carbocycles. The molecule has 0 aromatic heterocycles. The van der Waals surface area contributed by atoms with E-state index in [4.69, 9.17) is 23.2 Å². The first-order valence-electron chi connectivity index (χ1n) is 4.35. The Morgan fingerprint density at radius 2 is 2.33 bits per heavy atom. The average Bonchev–Trinajstić information content (AvgIpc) is 2.48. The summed E-state index contributed by atoms with van der Waals surface area (Å²) in [6.45, 7) is 1.70.